The third-order valence-electron chi connectivity index (χ3n) is 2.95. The highest BCUT2D eigenvalue weighted by atomic mass is 35.5. The SMILES string of the molecule is O=C(CSc1ccccc1Cl)NCC(=O)Nc1ccc(F)c(F)c1F. The van der Waals surface area contributed by atoms with Crippen LogP contribution in [0.3, 0.4) is 0 Å². The summed E-state index contributed by atoms with van der Waals surface area (Å²) in [6.07, 6.45) is 0. The molecule has 0 saturated heterocycles. The molecule has 0 heterocycles. The van der Waals surface area contributed by atoms with Gasteiger partial charge in [0.05, 0.1) is 23.0 Å². The first-order valence-corrected chi connectivity index (χ1v) is 8.32. The standard InChI is InChI=1S/C16H12ClF3N2O2S/c17-9-3-1-2-4-12(9)25-8-14(24)21-7-13(23)22-11-6-5-10(18)15(19)16(11)20/h1-6H,7-8H2,(H,21,24)(H,22,23). The van der Waals surface area contributed by atoms with E-state index in [1.54, 1.807) is 24.3 Å². The Balaban J connectivity index is 1.81. The number of anilines is 1. The fraction of sp³-hybridized carbons (Fsp3) is 0.125. The average Bonchev–Trinajstić information content (AvgIpc) is 2.60. The van der Waals surface area contributed by atoms with E-state index in [4.69, 9.17) is 11.6 Å². The lowest BCUT2D eigenvalue weighted by atomic mass is 10.2. The molecule has 0 aromatic heterocycles. The molecule has 2 N–H and O–H groups in total. The van der Waals surface area contributed by atoms with Gasteiger partial charge in [0.25, 0.3) is 0 Å². The Kier molecular flexibility index (Phi) is 6.72. The van der Waals surface area contributed by atoms with E-state index in [1.807, 2.05) is 0 Å². The molecule has 0 spiro atoms. The van der Waals surface area contributed by atoms with Crippen molar-refractivity contribution in [2.45, 2.75) is 4.90 Å². The first kappa shape index (κ1) is 19.1. The molecule has 4 nitrogen and oxygen atoms in total. The lowest BCUT2D eigenvalue weighted by Gasteiger charge is -2.09. The second-order valence-electron chi connectivity index (χ2n) is 4.77. The van der Waals surface area contributed by atoms with Crippen molar-refractivity contribution in [3.05, 3.63) is 58.9 Å². The molecule has 0 unspecified atom stereocenters. The van der Waals surface area contributed by atoms with E-state index in [0.29, 0.717) is 16.0 Å². The summed E-state index contributed by atoms with van der Waals surface area (Å²) in [6, 6.07) is 8.54. The Morgan fingerprint density at radius 3 is 2.44 bits per heavy atom. The molecule has 0 saturated carbocycles. The van der Waals surface area contributed by atoms with E-state index in [9.17, 15) is 22.8 Å². The van der Waals surface area contributed by atoms with Crippen LogP contribution in [0.4, 0.5) is 18.9 Å². The molecular weight excluding hydrogens is 377 g/mol. The fourth-order valence-electron chi connectivity index (χ4n) is 1.75. The van der Waals surface area contributed by atoms with E-state index in [-0.39, 0.29) is 5.75 Å². The molecule has 0 radical (unpaired) electrons. The second-order valence-corrected chi connectivity index (χ2v) is 6.19. The summed E-state index contributed by atoms with van der Waals surface area (Å²) >= 11 is 7.14. The highest BCUT2D eigenvalue weighted by Gasteiger charge is 2.15. The summed E-state index contributed by atoms with van der Waals surface area (Å²) in [4.78, 5) is 24.1. The van der Waals surface area contributed by atoms with Crippen molar-refractivity contribution in [3.63, 3.8) is 0 Å². The van der Waals surface area contributed by atoms with E-state index in [0.717, 1.165) is 6.07 Å². The Labute approximate surface area is 150 Å². The first-order valence-electron chi connectivity index (χ1n) is 6.96. The predicted octanol–water partition coefficient (Wildman–Crippen LogP) is 3.60. The third kappa shape index (κ3) is 5.40. The molecule has 0 aliphatic carbocycles. The summed E-state index contributed by atoms with van der Waals surface area (Å²) in [6.45, 7) is -0.444. The minimum Gasteiger partial charge on any atom is -0.346 e. The number of hydrogen-bond acceptors (Lipinski definition) is 3. The van der Waals surface area contributed by atoms with Gasteiger partial charge in [-0.2, -0.15) is 0 Å². The number of nitrogens with one attached hydrogen (secondary N) is 2. The van der Waals surface area contributed by atoms with Gasteiger partial charge in [0.1, 0.15) is 0 Å². The summed E-state index contributed by atoms with van der Waals surface area (Å²) in [7, 11) is 0. The number of rotatable bonds is 6. The lowest BCUT2D eigenvalue weighted by molar-refractivity contribution is -0.122. The van der Waals surface area contributed by atoms with Gasteiger partial charge >= 0.3 is 0 Å². The molecule has 2 aromatic rings. The van der Waals surface area contributed by atoms with Gasteiger partial charge in [-0.1, -0.05) is 23.7 Å². The van der Waals surface area contributed by atoms with Gasteiger partial charge in [0, 0.05) is 4.90 Å². The second kappa shape index (κ2) is 8.77. The fourth-order valence-corrected chi connectivity index (χ4v) is 2.82. The van der Waals surface area contributed by atoms with Crippen molar-refractivity contribution in [1.82, 2.24) is 5.32 Å². The summed E-state index contributed by atoms with van der Waals surface area (Å²) in [5, 5.41) is 4.89. The van der Waals surface area contributed by atoms with Crippen molar-refractivity contribution < 1.29 is 22.8 Å². The Morgan fingerprint density at radius 2 is 1.72 bits per heavy atom. The minimum atomic E-state index is -1.68. The van der Waals surface area contributed by atoms with E-state index in [2.05, 4.69) is 10.6 Å². The number of carbonyl (C=O) groups is 2. The van der Waals surface area contributed by atoms with Gasteiger partial charge in [0.2, 0.25) is 11.8 Å². The van der Waals surface area contributed by atoms with Crippen LogP contribution in [0, 0.1) is 17.5 Å². The molecule has 2 aromatic carbocycles. The van der Waals surface area contributed by atoms with E-state index >= 15 is 0 Å². The van der Waals surface area contributed by atoms with Crippen LogP contribution < -0.4 is 10.6 Å². The average molecular weight is 389 g/mol. The van der Waals surface area contributed by atoms with Gasteiger partial charge in [-0.05, 0) is 24.3 Å². The zero-order chi connectivity index (χ0) is 18.4. The molecule has 0 bridgehead atoms. The van der Waals surface area contributed by atoms with E-state index < -0.39 is 41.5 Å². The molecule has 25 heavy (non-hydrogen) atoms. The van der Waals surface area contributed by atoms with Crippen LogP contribution in [-0.2, 0) is 9.59 Å². The lowest BCUT2D eigenvalue weighted by Crippen LogP contribution is -2.34. The van der Waals surface area contributed by atoms with Crippen LogP contribution in [0.25, 0.3) is 0 Å². The smallest absolute Gasteiger partial charge is 0.243 e. The highest BCUT2D eigenvalue weighted by molar-refractivity contribution is 8.00. The van der Waals surface area contributed by atoms with Crippen LogP contribution >= 0.6 is 23.4 Å². The quantitative estimate of drug-likeness (QED) is 0.587. The van der Waals surface area contributed by atoms with Crippen LogP contribution in [0.1, 0.15) is 0 Å². The molecule has 2 amide bonds. The number of thioether (sulfide) groups is 1. The summed E-state index contributed by atoms with van der Waals surface area (Å²) < 4.78 is 39.3. The minimum absolute atomic E-state index is 0.0244. The van der Waals surface area contributed by atoms with Crippen LogP contribution in [0.5, 0.6) is 0 Å². The molecule has 0 atom stereocenters. The normalized spacial score (nSPS) is 10.4. The molecule has 0 fully saturated rings. The molecular formula is C16H12ClF3N2O2S. The van der Waals surface area contributed by atoms with Gasteiger partial charge in [-0.3, -0.25) is 9.59 Å². The van der Waals surface area contributed by atoms with Gasteiger partial charge in [-0.15, -0.1) is 11.8 Å². The molecule has 9 heteroatoms. The van der Waals surface area contributed by atoms with Crippen molar-refractivity contribution >= 4 is 40.9 Å². The molecule has 132 valence electrons. The summed E-state index contributed by atoms with van der Waals surface area (Å²) in [5.74, 6) is -5.74. The van der Waals surface area contributed by atoms with Gasteiger partial charge < -0.3 is 10.6 Å². The maximum absolute atomic E-state index is 13.4. The number of amides is 2. The first-order chi connectivity index (χ1) is 11.9. The summed E-state index contributed by atoms with van der Waals surface area (Å²) in [5.41, 5.74) is -0.511. The van der Waals surface area contributed by atoms with E-state index in [1.165, 1.54) is 11.8 Å². The van der Waals surface area contributed by atoms with Gasteiger partial charge in [-0.25, -0.2) is 13.2 Å². The zero-order valence-corrected chi connectivity index (χ0v) is 14.2. The largest absolute Gasteiger partial charge is 0.346 e. The Bertz CT molecular complexity index is 805. The number of benzene rings is 2. The van der Waals surface area contributed by atoms with Crippen molar-refractivity contribution in [1.29, 1.82) is 0 Å². The predicted molar refractivity (Wildman–Crippen MR) is 90.1 cm³/mol. The van der Waals surface area contributed by atoms with Crippen LogP contribution in [-0.4, -0.2) is 24.1 Å². The van der Waals surface area contributed by atoms with Crippen molar-refractivity contribution in [2.75, 3.05) is 17.6 Å². The highest BCUT2D eigenvalue weighted by Crippen LogP contribution is 2.26. The number of halogens is 4. The third-order valence-corrected chi connectivity index (χ3v) is 4.47. The van der Waals surface area contributed by atoms with Crippen LogP contribution in [0.15, 0.2) is 41.3 Å². The zero-order valence-electron chi connectivity index (χ0n) is 12.6. The molecule has 2 rings (SSSR count). The molecule has 0 aliphatic heterocycles. The van der Waals surface area contributed by atoms with Crippen molar-refractivity contribution in [3.8, 4) is 0 Å². The van der Waals surface area contributed by atoms with Crippen molar-refractivity contribution in [2.24, 2.45) is 0 Å². The van der Waals surface area contributed by atoms with Crippen LogP contribution in [0.2, 0.25) is 5.02 Å². The topological polar surface area (TPSA) is 58.2 Å². The number of hydrogen-bond donors (Lipinski definition) is 2. The van der Waals surface area contributed by atoms with Gasteiger partial charge in [0.15, 0.2) is 17.5 Å². The monoisotopic (exact) mass is 388 g/mol. The Hall–Kier alpha value is -2.19. The molecule has 0 aliphatic rings. The Morgan fingerprint density at radius 1 is 1.00 bits per heavy atom. The maximum Gasteiger partial charge on any atom is 0.243 e. The maximum atomic E-state index is 13.4. The number of carbonyl (C=O) groups excluding carboxylic acids is 2.